The summed E-state index contributed by atoms with van der Waals surface area (Å²) < 4.78 is 0. The zero-order valence-electron chi connectivity index (χ0n) is 18.5. The average molecular weight is 436 g/mol. The van der Waals surface area contributed by atoms with E-state index in [0.29, 0.717) is 25.8 Å². The summed E-state index contributed by atoms with van der Waals surface area (Å²) >= 11 is 0. The first-order valence-electron chi connectivity index (χ1n) is 11.5. The van der Waals surface area contributed by atoms with E-state index < -0.39 is 12.1 Å². The Bertz CT molecular complexity index is 909. The summed E-state index contributed by atoms with van der Waals surface area (Å²) in [5, 5.41) is 19.3. The fourth-order valence-electron chi connectivity index (χ4n) is 4.23. The number of nitrogens with zero attached hydrogens (tertiary/aromatic N) is 1. The number of aliphatic hydroxyl groups is 1. The maximum absolute atomic E-state index is 12.3. The molecule has 2 atom stereocenters. The van der Waals surface area contributed by atoms with Crippen LogP contribution < -0.4 is 0 Å². The van der Waals surface area contributed by atoms with Gasteiger partial charge in [-0.3, -0.25) is 9.59 Å². The third kappa shape index (κ3) is 7.34. The minimum absolute atomic E-state index is 0.0341. The van der Waals surface area contributed by atoms with E-state index in [1.165, 1.54) is 0 Å². The van der Waals surface area contributed by atoms with Crippen molar-refractivity contribution in [3.8, 4) is 11.1 Å². The molecule has 0 bridgehead atoms. The van der Waals surface area contributed by atoms with E-state index >= 15 is 0 Å². The number of hydrogen-bond donors (Lipinski definition) is 2. The van der Waals surface area contributed by atoms with Gasteiger partial charge in [-0.05, 0) is 36.0 Å². The second kappa shape index (κ2) is 12.2. The molecule has 1 amide bonds. The van der Waals surface area contributed by atoms with Crippen molar-refractivity contribution in [2.45, 2.75) is 63.5 Å². The molecule has 1 aliphatic rings. The van der Waals surface area contributed by atoms with E-state index in [-0.39, 0.29) is 18.4 Å². The normalized spacial score (nSPS) is 17.2. The van der Waals surface area contributed by atoms with Crippen LogP contribution in [-0.4, -0.2) is 45.7 Å². The number of hydrogen-bond acceptors (Lipinski definition) is 3. The number of aliphatic carboxylic acids is 1. The fraction of sp³-hybridized carbons (Fsp3) is 0.407. The van der Waals surface area contributed by atoms with Gasteiger partial charge in [0.15, 0.2) is 0 Å². The lowest BCUT2D eigenvalue weighted by Gasteiger charge is -2.22. The number of benzene rings is 2. The van der Waals surface area contributed by atoms with Gasteiger partial charge in [0.25, 0.3) is 0 Å². The van der Waals surface area contributed by atoms with Crippen LogP contribution in [0.1, 0.15) is 50.5 Å². The molecule has 3 rings (SSSR count). The third-order valence-corrected chi connectivity index (χ3v) is 5.95. The summed E-state index contributed by atoms with van der Waals surface area (Å²) in [4.78, 5) is 24.7. The maximum atomic E-state index is 12.3. The lowest BCUT2D eigenvalue weighted by molar-refractivity contribution is -0.137. The number of likely N-dealkylation sites (tertiary alicyclic amines) is 1. The molecule has 5 nitrogen and oxygen atoms in total. The molecular weight excluding hydrogens is 402 g/mol. The van der Waals surface area contributed by atoms with Crippen LogP contribution in [0.3, 0.4) is 0 Å². The van der Waals surface area contributed by atoms with Gasteiger partial charge in [-0.2, -0.15) is 0 Å². The Hall–Kier alpha value is -2.92. The highest BCUT2D eigenvalue weighted by atomic mass is 16.4. The predicted molar refractivity (Wildman–Crippen MR) is 126 cm³/mol. The number of carbonyl (C=O) groups is 2. The molecule has 1 heterocycles. The monoisotopic (exact) mass is 435 g/mol. The molecule has 2 aromatic rings. The van der Waals surface area contributed by atoms with Crippen molar-refractivity contribution < 1.29 is 19.8 Å². The Morgan fingerprint density at radius 2 is 1.78 bits per heavy atom. The molecule has 0 saturated carbocycles. The highest BCUT2D eigenvalue weighted by Crippen LogP contribution is 2.23. The van der Waals surface area contributed by atoms with Crippen LogP contribution in [0, 0.1) is 0 Å². The first-order chi connectivity index (χ1) is 15.5. The Kier molecular flexibility index (Phi) is 9.05. The molecule has 32 heavy (non-hydrogen) atoms. The van der Waals surface area contributed by atoms with E-state index in [0.717, 1.165) is 42.4 Å². The summed E-state index contributed by atoms with van der Waals surface area (Å²) in [6.45, 7) is 0.691. The van der Waals surface area contributed by atoms with Crippen LogP contribution >= 0.6 is 0 Å². The summed E-state index contributed by atoms with van der Waals surface area (Å²) in [6, 6.07) is 18.5. The zero-order valence-corrected chi connectivity index (χ0v) is 18.5. The second-order valence-electron chi connectivity index (χ2n) is 8.47. The van der Waals surface area contributed by atoms with Gasteiger partial charge in [0, 0.05) is 25.8 Å². The van der Waals surface area contributed by atoms with Gasteiger partial charge < -0.3 is 15.1 Å². The molecular formula is C27H33NO4. The molecule has 1 fully saturated rings. The Balaban J connectivity index is 1.49. The second-order valence-corrected chi connectivity index (χ2v) is 8.47. The molecule has 0 unspecified atom stereocenters. The van der Waals surface area contributed by atoms with Crippen LogP contribution in [0.15, 0.2) is 66.7 Å². The zero-order chi connectivity index (χ0) is 22.8. The van der Waals surface area contributed by atoms with Gasteiger partial charge in [-0.1, -0.05) is 79.6 Å². The highest BCUT2D eigenvalue weighted by molar-refractivity contribution is 5.79. The van der Waals surface area contributed by atoms with Crippen LogP contribution in [0.5, 0.6) is 0 Å². The van der Waals surface area contributed by atoms with Crippen LogP contribution in [-0.2, 0) is 16.0 Å². The molecule has 0 radical (unpaired) electrons. The summed E-state index contributed by atoms with van der Waals surface area (Å²) in [5.41, 5.74) is 3.36. The molecule has 2 aromatic carbocycles. The van der Waals surface area contributed by atoms with Crippen molar-refractivity contribution in [3.63, 3.8) is 0 Å². The van der Waals surface area contributed by atoms with Gasteiger partial charge in [-0.25, -0.2) is 0 Å². The molecule has 2 N–H and O–H groups in total. The average Bonchev–Trinajstić information content (AvgIpc) is 3.14. The summed E-state index contributed by atoms with van der Waals surface area (Å²) in [6.07, 6.45) is 8.61. The minimum atomic E-state index is -0.754. The van der Waals surface area contributed by atoms with E-state index in [1.54, 1.807) is 0 Å². The molecule has 170 valence electrons. The number of carbonyl (C=O) groups excluding carboxylic acids is 1. The number of carboxylic acids is 1. The first-order valence-corrected chi connectivity index (χ1v) is 11.5. The molecule has 1 saturated heterocycles. The highest BCUT2D eigenvalue weighted by Gasteiger charge is 2.28. The lowest BCUT2D eigenvalue weighted by Crippen LogP contribution is -2.32. The summed E-state index contributed by atoms with van der Waals surface area (Å²) in [5.74, 6) is -0.592. The molecule has 0 aliphatic carbocycles. The van der Waals surface area contributed by atoms with Gasteiger partial charge in [0.1, 0.15) is 0 Å². The van der Waals surface area contributed by atoms with Crippen LogP contribution in [0.2, 0.25) is 0 Å². The van der Waals surface area contributed by atoms with Gasteiger partial charge in [0.05, 0.1) is 12.1 Å². The smallest absolute Gasteiger partial charge is 0.303 e. The standard InChI is InChI=1S/C27H33NO4/c29-25(20-21-9-8-12-23(19-21)22-10-4-3-5-11-22)16-14-24-15-17-26(30)28(24)18-7-2-1-6-13-27(31)32/h3-5,8-12,14,16,19,24-25,29H,1-2,6-7,13,15,17-18,20H2,(H,31,32)/b16-14+/t24-,25+/m0/s1. The summed E-state index contributed by atoms with van der Waals surface area (Å²) in [7, 11) is 0. The maximum Gasteiger partial charge on any atom is 0.303 e. The minimum Gasteiger partial charge on any atom is -0.481 e. The SMILES string of the molecule is O=C(O)CCCCCCN1C(=O)CC[C@@H]1/C=C/[C@@H](O)Cc1cccc(-c2ccccc2)c1. The molecule has 0 spiro atoms. The Morgan fingerprint density at radius 3 is 2.56 bits per heavy atom. The Labute approximate surface area is 190 Å². The van der Waals surface area contributed by atoms with Gasteiger partial charge >= 0.3 is 5.97 Å². The molecule has 0 aromatic heterocycles. The number of rotatable bonds is 12. The van der Waals surface area contributed by atoms with Crippen molar-refractivity contribution in [1.29, 1.82) is 0 Å². The predicted octanol–water partition coefficient (Wildman–Crippen LogP) is 4.84. The number of amides is 1. The largest absolute Gasteiger partial charge is 0.481 e. The van der Waals surface area contributed by atoms with Crippen molar-refractivity contribution >= 4 is 11.9 Å². The first kappa shape index (κ1) is 23.7. The van der Waals surface area contributed by atoms with E-state index in [1.807, 2.05) is 47.4 Å². The van der Waals surface area contributed by atoms with Gasteiger partial charge in [-0.15, -0.1) is 0 Å². The quantitative estimate of drug-likeness (QED) is 0.369. The number of unbranched alkanes of at least 4 members (excludes halogenated alkanes) is 3. The van der Waals surface area contributed by atoms with Crippen molar-refractivity contribution in [1.82, 2.24) is 4.90 Å². The van der Waals surface area contributed by atoms with Crippen LogP contribution in [0.25, 0.3) is 11.1 Å². The number of carboxylic acid groups (broad SMARTS) is 1. The van der Waals surface area contributed by atoms with E-state index in [9.17, 15) is 14.7 Å². The molecule has 1 aliphatic heterocycles. The van der Waals surface area contributed by atoms with Crippen molar-refractivity contribution in [3.05, 3.63) is 72.3 Å². The van der Waals surface area contributed by atoms with Crippen molar-refractivity contribution in [2.75, 3.05) is 6.54 Å². The van der Waals surface area contributed by atoms with Crippen molar-refractivity contribution in [2.24, 2.45) is 0 Å². The topological polar surface area (TPSA) is 77.8 Å². The van der Waals surface area contributed by atoms with E-state index in [2.05, 4.69) is 24.3 Å². The van der Waals surface area contributed by atoms with Gasteiger partial charge in [0.2, 0.25) is 5.91 Å². The molecule has 5 heteroatoms. The van der Waals surface area contributed by atoms with Crippen LogP contribution in [0.4, 0.5) is 0 Å². The third-order valence-electron chi connectivity index (χ3n) is 5.95. The van der Waals surface area contributed by atoms with E-state index in [4.69, 9.17) is 5.11 Å². The Morgan fingerprint density at radius 1 is 1.03 bits per heavy atom. The number of aliphatic hydroxyl groups excluding tert-OH is 1. The lowest BCUT2D eigenvalue weighted by atomic mass is 10.00. The fourth-order valence-corrected chi connectivity index (χ4v) is 4.23.